The lowest BCUT2D eigenvalue weighted by Gasteiger charge is -2.16. The summed E-state index contributed by atoms with van der Waals surface area (Å²) in [4.78, 5) is 15.1. The molecule has 0 aliphatic carbocycles. The SMILES string of the molecule is O=C(c1ccc(S(=O)(=O)c2ccc(Cl)cc2)s1)N1CCc2ccccc21. The molecular formula is C19H14ClNO3S2. The second-order valence-corrected chi connectivity index (χ2v) is 9.61. The van der Waals surface area contributed by atoms with Crippen molar-refractivity contribution in [3.63, 3.8) is 0 Å². The molecule has 0 unspecified atom stereocenters. The third-order valence-electron chi connectivity index (χ3n) is 4.31. The molecule has 1 amide bonds. The Morgan fingerprint density at radius 1 is 1.00 bits per heavy atom. The number of rotatable bonds is 3. The Morgan fingerprint density at radius 2 is 1.73 bits per heavy atom. The van der Waals surface area contributed by atoms with E-state index in [0.717, 1.165) is 29.0 Å². The van der Waals surface area contributed by atoms with Crippen molar-refractivity contribution in [1.29, 1.82) is 0 Å². The molecular weight excluding hydrogens is 390 g/mol. The number of carbonyl (C=O) groups is 1. The number of anilines is 1. The molecule has 26 heavy (non-hydrogen) atoms. The summed E-state index contributed by atoms with van der Waals surface area (Å²) in [7, 11) is -3.66. The normalized spacial score (nSPS) is 13.7. The van der Waals surface area contributed by atoms with E-state index in [1.54, 1.807) is 11.0 Å². The summed E-state index contributed by atoms with van der Waals surface area (Å²) in [5, 5.41) is 0.471. The van der Waals surface area contributed by atoms with Crippen molar-refractivity contribution >= 4 is 44.4 Å². The predicted molar refractivity (Wildman–Crippen MR) is 103 cm³/mol. The van der Waals surface area contributed by atoms with E-state index < -0.39 is 9.84 Å². The van der Waals surface area contributed by atoms with Gasteiger partial charge in [0.25, 0.3) is 5.91 Å². The van der Waals surface area contributed by atoms with Crippen LogP contribution in [0.5, 0.6) is 0 Å². The average molecular weight is 404 g/mol. The van der Waals surface area contributed by atoms with Gasteiger partial charge in [-0.25, -0.2) is 8.42 Å². The first kappa shape index (κ1) is 17.3. The number of carbonyl (C=O) groups excluding carboxylic acids is 1. The van der Waals surface area contributed by atoms with Crippen molar-refractivity contribution in [1.82, 2.24) is 0 Å². The Kier molecular flexibility index (Phi) is 4.34. The van der Waals surface area contributed by atoms with Crippen molar-refractivity contribution in [3.05, 3.63) is 76.1 Å². The van der Waals surface area contributed by atoms with Crippen molar-refractivity contribution in [2.75, 3.05) is 11.4 Å². The summed E-state index contributed by atoms with van der Waals surface area (Å²) >= 11 is 6.82. The van der Waals surface area contributed by atoms with Crippen LogP contribution in [0.4, 0.5) is 5.69 Å². The quantitative estimate of drug-likeness (QED) is 0.649. The Bertz CT molecular complexity index is 1090. The number of para-hydroxylation sites is 1. The molecule has 7 heteroatoms. The highest BCUT2D eigenvalue weighted by Crippen LogP contribution is 2.33. The highest BCUT2D eigenvalue weighted by molar-refractivity contribution is 7.93. The molecule has 0 saturated carbocycles. The highest BCUT2D eigenvalue weighted by atomic mass is 35.5. The van der Waals surface area contributed by atoms with Gasteiger partial charge in [0.05, 0.1) is 9.77 Å². The molecule has 4 nitrogen and oxygen atoms in total. The van der Waals surface area contributed by atoms with Gasteiger partial charge in [-0.05, 0) is 54.4 Å². The van der Waals surface area contributed by atoms with Gasteiger partial charge in [-0.1, -0.05) is 29.8 Å². The standard InChI is InChI=1S/C19H14ClNO3S2/c20-14-5-7-15(8-6-14)26(23,24)18-10-9-17(25-18)19(22)21-12-11-13-3-1-2-4-16(13)21/h1-10H,11-12H2. The lowest BCUT2D eigenvalue weighted by atomic mass is 10.2. The van der Waals surface area contributed by atoms with Crippen LogP contribution < -0.4 is 4.90 Å². The Balaban J connectivity index is 1.64. The Hall–Kier alpha value is -2.15. The minimum Gasteiger partial charge on any atom is -0.307 e. The number of sulfone groups is 1. The van der Waals surface area contributed by atoms with Crippen molar-refractivity contribution in [3.8, 4) is 0 Å². The van der Waals surface area contributed by atoms with E-state index in [-0.39, 0.29) is 15.0 Å². The topological polar surface area (TPSA) is 54.5 Å². The first-order chi connectivity index (χ1) is 12.5. The van der Waals surface area contributed by atoms with E-state index in [2.05, 4.69) is 0 Å². The molecule has 1 aliphatic heterocycles. The minimum atomic E-state index is -3.66. The molecule has 0 saturated heterocycles. The number of nitrogens with zero attached hydrogens (tertiary/aromatic N) is 1. The number of hydrogen-bond acceptors (Lipinski definition) is 4. The molecule has 1 aromatic heterocycles. The summed E-state index contributed by atoms with van der Waals surface area (Å²) in [6.07, 6.45) is 0.809. The van der Waals surface area contributed by atoms with Gasteiger partial charge in [-0.3, -0.25) is 4.79 Å². The molecule has 4 rings (SSSR count). The fourth-order valence-corrected chi connectivity index (χ4v) is 5.77. The van der Waals surface area contributed by atoms with Crippen molar-refractivity contribution < 1.29 is 13.2 Å². The third kappa shape index (κ3) is 2.94. The number of benzene rings is 2. The highest BCUT2D eigenvalue weighted by Gasteiger charge is 2.28. The van der Waals surface area contributed by atoms with Crippen LogP contribution in [-0.2, 0) is 16.3 Å². The molecule has 1 aliphatic rings. The maximum atomic E-state index is 12.9. The molecule has 2 heterocycles. The van der Waals surface area contributed by atoms with Crippen molar-refractivity contribution in [2.24, 2.45) is 0 Å². The monoisotopic (exact) mass is 403 g/mol. The first-order valence-corrected chi connectivity index (χ1v) is 10.6. The summed E-state index contributed by atoms with van der Waals surface area (Å²) in [6.45, 7) is 0.606. The zero-order valence-electron chi connectivity index (χ0n) is 13.6. The number of thiophene rings is 1. The molecule has 0 fully saturated rings. The first-order valence-electron chi connectivity index (χ1n) is 7.97. The Labute approximate surface area is 160 Å². The second-order valence-electron chi connectivity index (χ2n) is 5.91. The molecule has 2 aromatic carbocycles. The van der Waals surface area contributed by atoms with Crippen LogP contribution in [0.2, 0.25) is 5.02 Å². The van der Waals surface area contributed by atoms with Gasteiger partial charge in [0.1, 0.15) is 4.21 Å². The fourth-order valence-electron chi connectivity index (χ4n) is 2.99. The zero-order valence-corrected chi connectivity index (χ0v) is 15.9. The number of fused-ring (bicyclic) bond motifs is 1. The summed E-state index contributed by atoms with van der Waals surface area (Å²) in [5.41, 5.74) is 2.03. The van der Waals surface area contributed by atoms with Crippen LogP contribution in [0.15, 0.2) is 69.8 Å². The van der Waals surface area contributed by atoms with Gasteiger partial charge >= 0.3 is 0 Å². The van der Waals surface area contributed by atoms with Crippen LogP contribution in [0.1, 0.15) is 15.2 Å². The van der Waals surface area contributed by atoms with Gasteiger partial charge < -0.3 is 4.90 Å². The molecule has 3 aromatic rings. The molecule has 0 radical (unpaired) electrons. The summed E-state index contributed by atoms with van der Waals surface area (Å²) in [5.74, 6) is -0.169. The molecule has 0 N–H and O–H groups in total. The van der Waals surface area contributed by atoms with Crippen LogP contribution >= 0.6 is 22.9 Å². The number of amides is 1. The predicted octanol–water partition coefficient (Wildman–Crippen LogP) is 4.44. The van der Waals surface area contributed by atoms with Crippen LogP contribution in [0.25, 0.3) is 0 Å². The molecule has 132 valence electrons. The van der Waals surface area contributed by atoms with Crippen LogP contribution in [0.3, 0.4) is 0 Å². The van der Waals surface area contributed by atoms with Gasteiger partial charge in [0, 0.05) is 17.3 Å². The largest absolute Gasteiger partial charge is 0.307 e. The summed E-state index contributed by atoms with van der Waals surface area (Å²) in [6, 6.07) is 16.9. The van der Waals surface area contributed by atoms with Crippen LogP contribution in [-0.4, -0.2) is 20.9 Å². The number of halogens is 1. The lowest BCUT2D eigenvalue weighted by molar-refractivity contribution is 0.0993. The molecule has 0 atom stereocenters. The maximum Gasteiger partial charge on any atom is 0.268 e. The van der Waals surface area contributed by atoms with Gasteiger partial charge in [0.15, 0.2) is 0 Å². The maximum absolute atomic E-state index is 12.9. The van der Waals surface area contributed by atoms with Crippen molar-refractivity contribution in [2.45, 2.75) is 15.5 Å². The summed E-state index contributed by atoms with van der Waals surface area (Å²) < 4.78 is 25.6. The van der Waals surface area contributed by atoms with E-state index >= 15 is 0 Å². The van der Waals surface area contributed by atoms with Crippen LogP contribution in [0, 0.1) is 0 Å². The average Bonchev–Trinajstić information content (AvgIpc) is 3.29. The van der Waals surface area contributed by atoms with E-state index in [1.165, 1.54) is 30.3 Å². The third-order valence-corrected chi connectivity index (χ3v) is 7.90. The van der Waals surface area contributed by atoms with E-state index in [1.807, 2.05) is 24.3 Å². The molecule has 0 spiro atoms. The van der Waals surface area contributed by atoms with E-state index in [4.69, 9.17) is 11.6 Å². The van der Waals surface area contributed by atoms with Gasteiger partial charge in [-0.2, -0.15) is 0 Å². The minimum absolute atomic E-state index is 0.149. The van der Waals surface area contributed by atoms with Gasteiger partial charge in [-0.15, -0.1) is 11.3 Å². The Morgan fingerprint density at radius 3 is 2.50 bits per heavy atom. The number of hydrogen-bond donors (Lipinski definition) is 0. The lowest BCUT2D eigenvalue weighted by Crippen LogP contribution is -2.28. The van der Waals surface area contributed by atoms with E-state index in [0.29, 0.717) is 16.4 Å². The molecule has 0 bridgehead atoms. The zero-order chi connectivity index (χ0) is 18.3. The van der Waals surface area contributed by atoms with Gasteiger partial charge in [0.2, 0.25) is 9.84 Å². The fraction of sp³-hybridized carbons (Fsp3) is 0.105. The smallest absolute Gasteiger partial charge is 0.268 e. The van der Waals surface area contributed by atoms with E-state index in [9.17, 15) is 13.2 Å². The second kappa shape index (κ2) is 6.54.